The lowest BCUT2D eigenvalue weighted by Gasteiger charge is -2.07. The van der Waals surface area contributed by atoms with E-state index in [9.17, 15) is 18.0 Å². The Morgan fingerprint density at radius 2 is 1.85 bits per heavy atom. The molecule has 0 saturated heterocycles. The Hall–Kier alpha value is -2.87. The van der Waals surface area contributed by atoms with Crippen LogP contribution in [0.1, 0.15) is 21.7 Å². The number of nitrogens with zero attached hydrogens (tertiary/aromatic N) is 1. The summed E-state index contributed by atoms with van der Waals surface area (Å²) in [5, 5.41) is 3.80. The van der Waals surface area contributed by atoms with Crippen molar-refractivity contribution in [3.05, 3.63) is 82.0 Å². The Morgan fingerprint density at radius 3 is 2.59 bits per heavy atom. The van der Waals surface area contributed by atoms with Gasteiger partial charge < -0.3 is 4.42 Å². The third-order valence-corrected chi connectivity index (χ3v) is 4.04. The van der Waals surface area contributed by atoms with Crippen molar-refractivity contribution < 1.29 is 22.4 Å². The average molecular weight is 437 g/mol. The Morgan fingerprint density at radius 1 is 1.07 bits per heavy atom. The van der Waals surface area contributed by atoms with Crippen LogP contribution in [0.2, 0.25) is 0 Å². The number of hydrazone groups is 1. The maximum Gasteiger partial charge on any atom is 0.416 e. The number of amides is 1. The van der Waals surface area contributed by atoms with E-state index in [4.69, 9.17) is 4.42 Å². The minimum atomic E-state index is -4.43. The SMILES string of the molecule is O=C(NN=Cc1ccc(-c2cccc(C(F)(F)F)c2)o1)c1cccc(Br)c1. The number of carbonyl (C=O) groups is 1. The molecule has 1 amide bonds. The van der Waals surface area contributed by atoms with Crippen molar-refractivity contribution in [3.8, 4) is 11.3 Å². The number of benzene rings is 2. The summed E-state index contributed by atoms with van der Waals surface area (Å²) in [6, 6.07) is 14.7. The van der Waals surface area contributed by atoms with Crippen LogP contribution in [-0.2, 0) is 6.18 Å². The van der Waals surface area contributed by atoms with Crippen LogP contribution >= 0.6 is 15.9 Å². The van der Waals surface area contributed by atoms with Crippen molar-refractivity contribution in [3.63, 3.8) is 0 Å². The molecule has 0 radical (unpaired) electrons. The minimum Gasteiger partial charge on any atom is -0.455 e. The quantitative estimate of drug-likeness (QED) is 0.434. The summed E-state index contributed by atoms with van der Waals surface area (Å²) in [7, 11) is 0. The lowest BCUT2D eigenvalue weighted by molar-refractivity contribution is -0.137. The molecule has 3 aromatic rings. The Kier molecular flexibility index (Phi) is 5.46. The monoisotopic (exact) mass is 436 g/mol. The third kappa shape index (κ3) is 4.85. The highest BCUT2D eigenvalue weighted by Gasteiger charge is 2.30. The highest BCUT2D eigenvalue weighted by atomic mass is 79.9. The molecule has 3 rings (SSSR count). The van der Waals surface area contributed by atoms with Crippen LogP contribution in [0, 0.1) is 0 Å². The molecule has 2 aromatic carbocycles. The summed E-state index contributed by atoms with van der Waals surface area (Å²) < 4.78 is 44.6. The van der Waals surface area contributed by atoms with E-state index in [0.717, 1.165) is 16.6 Å². The molecule has 0 aliphatic carbocycles. The second-order valence-electron chi connectivity index (χ2n) is 5.49. The summed E-state index contributed by atoms with van der Waals surface area (Å²) in [4.78, 5) is 12.0. The Bertz CT molecular complexity index is 996. The van der Waals surface area contributed by atoms with E-state index < -0.39 is 17.6 Å². The van der Waals surface area contributed by atoms with Gasteiger partial charge in [-0.05, 0) is 42.5 Å². The predicted octanol–water partition coefficient (Wildman–Crippen LogP) is 5.49. The molecule has 0 saturated carbocycles. The molecule has 1 heterocycles. The number of nitrogens with one attached hydrogen (secondary N) is 1. The molecule has 138 valence electrons. The van der Waals surface area contributed by atoms with Crippen molar-refractivity contribution in [2.45, 2.75) is 6.18 Å². The topological polar surface area (TPSA) is 54.6 Å². The van der Waals surface area contributed by atoms with Crippen LogP contribution in [0.5, 0.6) is 0 Å². The smallest absolute Gasteiger partial charge is 0.416 e. The van der Waals surface area contributed by atoms with Gasteiger partial charge in [-0.2, -0.15) is 18.3 Å². The molecule has 4 nitrogen and oxygen atoms in total. The van der Waals surface area contributed by atoms with Crippen LogP contribution in [0.15, 0.2) is 74.7 Å². The molecule has 1 N–H and O–H groups in total. The van der Waals surface area contributed by atoms with Crippen LogP contribution in [-0.4, -0.2) is 12.1 Å². The van der Waals surface area contributed by atoms with Crippen LogP contribution in [0.3, 0.4) is 0 Å². The van der Waals surface area contributed by atoms with E-state index in [1.807, 2.05) is 0 Å². The fourth-order valence-corrected chi connectivity index (χ4v) is 2.67. The lowest BCUT2D eigenvalue weighted by Crippen LogP contribution is -2.17. The van der Waals surface area contributed by atoms with Crippen molar-refractivity contribution in [2.75, 3.05) is 0 Å². The van der Waals surface area contributed by atoms with E-state index in [1.165, 1.54) is 24.4 Å². The van der Waals surface area contributed by atoms with Gasteiger partial charge in [0.25, 0.3) is 5.91 Å². The number of halogens is 4. The van der Waals surface area contributed by atoms with Crippen LogP contribution in [0.25, 0.3) is 11.3 Å². The van der Waals surface area contributed by atoms with E-state index >= 15 is 0 Å². The van der Waals surface area contributed by atoms with Crippen LogP contribution < -0.4 is 5.43 Å². The van der Waals surface area contributed by atoms with Gasteiger partial charge in [-0.25, -0.2) is 5.43 Å². The Labute approximate surface area is 160 Å². The summed E-state index contributed by atoms with van der Waals surface area (Å²) >= 11 is 3.27. The largest absolute Gasteiger partial charge is 0.455 e. The summed E-state index contributed by atoms with van der Waals surface area (Å²) in [5.41, 5.74) is 2.31. The highest BCUT2D eigenvalue weighted by molar-refractivity contribution is 9.10. The van der Waals surface area contributed by atoms with Crippen molar-refractivity contribution in [2.24, 2.45) is 5.10 Å². The third-order valence-electron chi connectivity index (χ3n) is 3.55. The first kappa shape index (κ1) is 18.9. The molecule has 0 bridgehead atoms. The van der Waals surface area contributed by atoms with Gasteiger partial charge in [0.2, 0.25) is 0 Å². The predicted molar refractivity (Wildman–Crippen MR) is 98.3 cm³/mol. The van der Waals surface area contributed by atoms with Gasteiger partial charge in [0.05, 0.1) is 11.8 Å². The lowest BCUT2D eigenvalue weighted by atomic mass is 10.1. The van der Waals surface area contributed by atoms with Crippen molar-refractivity contribution >= 4 is 28.1 Å². The number of hydrogen-bond donors (Lipinski definition) is 1. The maximum absolute atomic E-state index is 12.8. The van der Waals surface area contributed by atoms with E-state index in [1.54, 1.807) is 30.3 Å². The molecular formula is C19H12BrF3N2O2. The zero-order valence-electron chi connectivity index (χ0n) is 13.6. The molecule has 0 fully saturated rings. The molecule has 8 heteroatoms. The zero-order valence-corrected chi connectivity index (χ0v) is 15.2. The van der Waals surface area contributed by atoms with Crippen molar-refractivity contribution in [1.82, 2.24) is 5.43 Å². The summed E-state index contributed by atoms with van der Waals surface area (Å²) in [6.45, 7) is 0. The van der Waals surface area contributed by atoms with Gasteiger partial charge in [-0.3, -0.25) is 4.79 Å². The second-order valence-corrected chi connectivity index (χ2v) is 6.41. The fourth-order valence-electron chi connectivity index (χ4n) is 2.27. The average Bonchev–Trinajstić information content (AvgIpc) is 3.10. The first-order valence-corrected chi connectivity index (χ1v) is 8.49. The Balaban J connectivity index is 1.69. The van der Waals surface area contributed by atoms with E-state index in [0.29, 0.717) is 11.1 Å². The summed E-state index contributed by atoms with van der Waals surface area (Å²) in [6.07, 6.45) is -3.16. The molecule has 0 atom stereocenters. The number of carbonyl (C=O) groups excluding carboxylic acids is 1. The van der Waals surface area contributed by atoms with E-state index in [2.05, 4.69) is 26.5 Å². The van der Waals surface area contributed by atoms with Crippen LogP contribution in [0.4, 0.5) is 13.2 Å². The molecule has 0 spiro atoms. The van der Waals surface area contributed by atoms with E-state index in [-0.39, 0.29) is 11.5 Å². The minimum absolute atomic E-state index is 0.265. The zero-order chi connectivity index (χ0) is 19.4. The molecule has 27 heavy (non-hydrogen) atoms. The maximum atomic E-state index is 12.8. The van der Waals surface area contributed by atoms with Gasteiger partial charge >= 0.3 is 6.18 Å². The summed E-state index contributed by atoms with van der Waals surface area (Å²) in [5.74, 6) is 0.148. The standard InChI is InChI=1S/C19H12BrF3N2O2/c20-15-6-2-4-13(10-15)18(26)25-24-11-16-7-8-17(27-16)12-3-1-5-14(9-12)19(21,22)23/h1-11H,(H,25,26). The van der Waals surface area contributed by atoms with Crippen molar-refractivity contribution in [1.29, 1.82) is 0 Å². The molecule has 0 unspecified atom stereocenters. The van der Waals surface area contributed by atoms with Gasteiger partial charge in [-0.1, -0.05) is 34.1 Å². The normalized spacial score (nSPS) is 11.7. The number of furan rings is 1. The molecular weight excluding hydrogens is 425 g/mol. The highest BCUT2D eigenvalue weighted by Crippen LogP contribution is 2.32. The van der Waals surface area contributed by atoms with Gasteiger partial charge in [-0.15, -0.1) is 0 Å². The first-order chi connectivity index (χ1) is 12.8. The molecule has 0 aliphatic heterocycles. The number of rotatable bonds is 4. The second kappa shape index (κ2) is 7.79. The van der Waals surface area contributed by atoms with Gasteiger partial charge in [0.1, 0.15) is 11.5 Å². The molecule has 1 aromatic heterocycles. The number of hydrogen-bond acceptors (Lipinski definition) is 3. The number of alkyl halides is 3. The first-order valence-electron chi connectivity index (χ1n) is 7.69. The fraction of sp³-hybridized carbons (Fsp3) is 0.0526. The molecule has 0 aliphatic rings. The van der Waals surface area contributed by atoms with Gasteiger partial charge in [0, 0.05) is 15.6 Å². The van der Waals surface area contributed by atoms with Gasteiger partial charge in [0.15, 0.2) is 0 Å².